The van der Waals surface area contributed by atoms with Gasteiger partial charge in [-0.15, -0.1) is 0 Å². The number of hydrogen-bond acceptors (Lipinski definition) is 4. The van der Waals surface area contributed by atoms with E-state index in [1.54, 1.807) is 28.8 Å². The Balaban J connectivity index is 1.90. The second-order valence-corrected chi connectivity index (χ2v) is 8.81. The Morgan fingerprint density at radius 3 is 1.83 bits per heavy atom. The van der Waals surface area contributed by atoms with Gasteiger partial charge in [-0.25, -0.2) is 0 Å². The number of halogens is 1. The lowest BCUT2D eigenvalue weighted by molar-refractivity contribution is 0.0998. The maximum absolute atomic E-state index is 13.6. The molecule has 0 saturated carbocycles. The van der Waals surface area contributed by atoms with Crippen molar-refractivity contribution in [1.29, 1.82) is 0 Å². The molecule has 3 aromatic carbocycles. The van der Waals surface area contributed by atoms with E-state index in [1.165, 1.54) is 0 Å². The Kier molecular flexibility index (Phi) is 5.19. The summed E-state index contributed by atoms with van der Waals surface area (Å²) in [5.41, 5.74) is 4.42. The molecule has 0 fully saturated rings. The topological polar surface area (TPSA) is 26.8 Å². The molecular weight excluding hydrogens is 402 g/mol. The molecule has 0 saturated heterocycles. The van der Waals surface area contributed by atoms with Gasteiger partial charge in [-0.2, -0.15) is 0 Å². The van der Waals surface area contributed by atoms with E-state index in [9.17, 15) is 4.79 Å². The van der Waals surface area contributed by atoms with E-state index in [2.05, 4.69) is 21.9 Å². The summed E-state index contributed by atoms with van der Waals surface area (Å²) < 4.78 is 0. The van der Waals surface area contributed by atoms with Crippen LogP contribution in [0.1, 0.15) is 10.4 Å². The number of rotatable bonds is 3. The lowest BCUT2D eigenvalue weighted by Gasteiger charge is -2.33. The molecule has 148 valence electrons. The molecule has 0 N–H and O–H groups in total. The fourth-order valence-electron chi connectivity index (χ4n) is 3.32. The molecule has 0 aromatic heterocycles. The van der Waals surface area contributed by atoms with Gasteiger partial charge in [0.15, 0.2) is 0 Å². The Bertz CT molecular complexity index is 1040. The van der Waals surface area contributed by atoms with Crippen molar-refractivity contribution in [2.75, 3.05) is 42.9 Å². The van der Waals surface area contributed by atoms with Gasteiger partial charge in [0.05, 0.1) is 22.0 Å². The van der Waals surface area contributed by atoms with Crippen LogP contribution in [0, 0.1) is 0 Å². The number of anilines is 4. The fourth-order valence-corrected chi connectivity index (χ4v) is 4.66. The zero-order chi connectivity index (χ0) is 20.7. The monoisotopic (exact) mass is 423 g/mol. The van der Waals surface area contributed by atoms with Gasteiger partial charge in [-0.1, -0.05) is 35.5 Å². The van der Waals surface area contributed by atoms with Crippen LogP contribution >= 0.6 is 23.4 Å². The predicted molar refractivity (Wildman–Crippen MR) is 124 cm³/mol. The zero-order valence-electron chi connectivity index (χ0n) is 16.8. The first kappa shape index (κ1) is 19.7. The summed E-state index contributed by atoms with van der Waals surface area (Å²) in [5, 5.41) is 0.452. The molecule has 0 spiro atoms. The highest BCUT2D eigenvalue weighted by molar-refractivity contribution is 7.99. The highest BCUT2D eigenvalue weighted by Crippen LogP contribution is 2.50. The van der Waals surface area contributed by atoms with Crippen LogP contribution in [0.5, 0.6) is 0 Å². The molecule has 0 unspecified atom stereocenters. The minimum Gasteiger partial charge on any atom is -0.378 e. The highest BCUT2D eigenvalue weighted by atomic mass is 35.5. The smallest absolute Gasteiger partial charge is 0.264 e. The van der Waals surface area contributed by atoms with Gasteiger partial charge in [0.1, 0.15) is 0 Å². The van der Waals surface area contributed by atoms with Crippen molar-refractivity contribution in [3.8, 4) is 0 Å². The second kappa shape index (κ2) is 7.65. The average Bonchev–Trinajstić information content (AvgIpc) is 2.70. The molecule has 0 radical (unpaired) electrons. The molecule has 4 rings (SSSR count). The van der Waals surface area contributed by atoms with Crippen LogP contribution < -0.4 is 14.7 Å². The normalized spacial score (nSPS) is 12.2. The van der Waals surface area contributed by atoms with E-state index in [4.69, 9.17) is 11.6 Å². The van der Waals surface area contributed by atoms with E-state index < -0.39 is 0 Å². The van der Waals surface area contributed by atoms with Gasteiger partial charge in [0.25, 0.3) is 5.91 Å². The van der Waals surface area contributed by atoms with E-state index in [0.29, 0.717) is 10.6 Å². The molecule has 29 heavy (non-hydrogen) atoms. The summed E-state index contributed by atoms with van der Waals surface area (Å²) in [4.78, 5) is 21.6. The number of carbonyl (C=O) groups is 1. The summed E-state index contributed by atoms with van der Waals surface area (Å²) in [7, 11) is 8.06. The maximum atomic E-state index is 13.6. The molecule has 1 heterocycles. The van der Waals surface area contributed by atoms with Crippen molar-refractivity contribution in [1.82, 2.24) is 0 Å². The van der Waals surface area contributed by atoms with Crippen LogP contribution in [0.4, 0.5) is 22.7 Å². The van der Waals surface area contributed by atoms with Crippen LogP contribution in [-0.4, -0.2) is 34.1 Å². The molecular formula is C23H22ClN3OS. The van der Waals surface area contributed by atoms with Gasteiger partial charge in [0.2, 0.25) is 0 Å². The highest BCUT2D eigenvalue weighted by Gasteiger charge is 2.30. The van der Waals surface area contributed by atoms with Crippen molar-refractivity contribution >= 4 is 52.0 Å². The third-order valence-corrected chi connectivity index (χ3v) is 6.35. The Morgan fingerprint density at radius 2 is 1.34 bits per heavy atom. The molecule has 1 aliphatic heterocycles. The average molecular weight is 424 g/mol. The number of benzene rings is 3. The molecule has 0 atom stereocenters. The summed E-state index contributed by atoms with van der Waals surface area (Å²) in [6, 6.07) is 19.5. The van der Waals surface area contributed by atoms with E-state index in [0.717, 1.165) is 32.5 Å². The Labute approximate surface area is 180 Å². The standard InChI is InChI=1S/C23H22ClN3OS/c1-25(2)15-9-11-19-21(13-15)29-22-14-16(26(3)4)10-12-20(22)27(19)23(28)17-7-5-6-8-18(17)24/h5-14H,1-4H3. The minimum atomic E-state index is -0.131. The van der Waals surface area contributed by atoms with Crippen LogP contribution in [0.15, 0.2) is 70.5 Å². The third kappa shape index (κ3) is 3.56. The van der Waals surface area contributed by atoms with Crippen LogP contribution in [-0.2, 0) is 0 Å². The van der Waals surface area contributed by atoms with Crippen molar-refractivity contribution in [2.45, 2.75) is 9.79 Å². The largest absolute Gasteiger partial charge is 0.378 e. The molecule has 1 aliphatic rings. The first-order valence-corrected chi connectivity index (χ1v) is 10.5. The first-order valence-electron chi connectivity index (χ1n) is 9.26. The lowest BCUT2D eigenvalue weighted by Crippen LogP contribution is -2.29. The third-order valence-electron chi connectivity index (χ3n) is 4.93. The zero-order valence-corrected chi connectivity index (χ0v) is 18.4. The molecule has 4 nitrogen and oxygen atoms in total. The number of fused-ring (bicyclic) bond motifs is 2. The second-order valence-electron chi connectivity index (χ2n) is 7.32. The number of carbonyl (C=O) groups excluding carboxylic acids is 1. The molecule has 1 amide bonds. The van der Waals surface area contributed by atoms with E-state index in [1.807, 2.05) is 64.6 Å². The van der Waals surface area contributed by atoms with Crippen molar-refractivity contribution < 1.29 is 4.79 Å². The first-order chi connectivity index (χ1) is 13.9. The summed E-state index contributed by atoms with van der Waals surface area (Å²) in [6.07, 6.45) is 0. The quantitative estimate of drug-likeness (QED) is 0.522. The van der Waals surface area contributed by atoms with Gasteiger partial charge < -0.3 is 9.80 Å². The molecule has 6 heteroatoms. The SMILES string of the molecule is CN(C)c1ccc2c(c1)Sc1cc(N(C)C)ccc1N2C(=O)c1ccccc1Cl. The summed E-state index contributed by atoms with van der Waals surface area (Å²) in [5.74, 6) is -0.131. The van der Waals surface area contributed by atoms with Gasteiger partial charge in [-0.3, -0.25) is 9.69 Å². The van der Waals surface area contributed by atoms with Crippen LogP contribution in [0.2, 0.25) is 5.02 Å². The van der Waals surface area contributed by atoms with Gasteiger partial charge >= 0.3 is 0 Å². The lowest BCUT2D eigenvalue weighted by atomic mass is 10.1. The van der Waals surface area contributed by atoms with E-state index in [-0.39, 0.29) is 5.91 Å². The maximum Gasteiger partial charge on any atom is 0.264 e. The van der Waals surface area contributed by atoms with Crippen molar-refractivity contribution in [3.63, 3.8) is 0 Å². The Hall–Kier alpha value is -2.63. The summed E-state index contributed by atoms with van der Waals surface area (Å²) >= 11 is 8.05. The number of amides is 1. The molecule has 3 aromatic rings. The number of nitrogens with zero attached hydrogens (tertiary/aromatic N) is 3. The number of hydrogen-bond donors (Lipinski definition) is 0. The Morgan fingerprint density at radius 1 is 0.828 bits per heavy atom. The van der Waals surface area contributed by atoms with E-state index >= 15 is 0 Å². The predicted octanol–water partition coefficient (Wildman–Crippen LogP) is 5.92. The fraction of sp³-hybridized carbons (Fsp3) is 0.174. The van der Waals surface area contributed by atoms with Crippen LogP contribution in [0.3, 0.4) is 0 Å². The van der Waals surface area contributed by atoms with Crippen molar-refractivity contribution in [2.24, 2.45) is 0 Å². The molecule has 0 bridgehead atoms. The summed E-state index contributed by atoms with van der Waals surface area (Å²) in [6.45, 7) is 0. The van der Waals surface area contributed by atoms with Gasteiger partial charge in [0, 0.05) is 49.4 Å². The minimum absolute atomic E-state index is 0.131. The van der Waals surface area contributed by atoms with Crippen LogP contribution in [0.25, 0.3) is 0 Å². The molecule has 0 aliphatic carbocycles. The van der Waals surface area contributed by atoms with Gasteiger partial charge in [-0.05, 0) is 48.5 Å². The van der Waals surface area contributed by atoms with Crippen molar-refractivity contribution in [3.05, 3.63) is 71.2 Å².